The van der Waals surface area contributed by atoms with Gasteiger partial charge >= 0.3 is 6.03 Å². The van der Waals surface area contributed by atoms with Gasteiger partial charge in [0.1, 0.15) is 12.6 Å². The number of carbonyl (C=O) groups is 3. The van der Waals surface area contributed by atoms with Gasteiger partial charge in [-0.05, 0) is 37.1 Å². The van der Waals surface area contributed by atoms with Crippen LogP contribution in [0.15, 0.2) is 29.2 Å². The number of rotatable bonds is 5. The Labute approximate surface area is 141 Å². The van der Waals surface area contributed by atoms with Crippen LogP contribution < -0.4 is 5.32 Å². The number of carbonyl (C=O) groups excluding carboxylic acids is 3. The number of benzene rings is 1. The fourth-order valence-electron chi connectivity index (χ4n) is 2.89. The van der Waals surface area contributed by atoms with Gasteiger partial charge in [-0.15, -0.1) is 0 Å². The van der Waals surface area contributed by atoms with Crippen LogP contribution in [0.25, 0.3) is 0 Å². The molecule has 0 radical (unpaired) electrons. The van der Waals surface area contributed by atoms with Crippen molar-refractivity contribution in [1.29, 1.82) is 0 Å². The second-order valence-electron chi connectivity index (χ2n) is 5.51. The fourth-order valence-corrected chi connectivity index (χ4v) is 3.39. The maximum absolute atomic E-state index is 12.2. The van der Waals surface area contributed by atoms with Crippen LogP contribution >= 0.6 is 11.8 Å². The third-order valence-corrected chi connectivity index (χ3v) is 4.67. The lowest BCUT2D eigenvalue weighted by molar-refractivity contribution is -0.131. The van der Waals surface area contributed by atoms with E-state index in [0.29, 0.717) is 35.3 Å². The van der Waals surface area contributed by atoms with Crippen molar-refractivity contribution in [3.05, 3.63) is 24.3 Å². The molecule has 0 saturated carbocycles. The number of nitrogens with zero attached hydrogens (tertiary/aromatic N) is 2. The van der Waals surface area contributed by atoms with Gasteiger partial charge in [0.15, 0.2) is 0 Å². The molecule has 2 aliphatic heterocycles. The van der Waals surface area contributed by atoms with Gasteiger partial charge in [0, 0.05) is 17.1 Å². The lowest BCUT2D eigenvalue weighted by Gasteiger charge is -2.15. The first kappa shape index (κ1) is 16.7. The topological polar surface area (TPSA) is 69.7 Å². The number of alkyl halides is 2. The molecule has 0 spiro atoms. The molecular weight excluding hydrogens is 340 g/mol. The van der Waals surface area contributed by atoms with Crippen LogP contribution in [-0.2, 0) is 9.59 Å². The van der Waals surface area contributed by atoms with Crippen molar-refractivity contribution in [2.45, 2.75) is 29.5 Å². The monoisotopic (exact) mass is 355 g/mol. The molecule has 128 valence electrons. The Balaban J connectivity index is 1.58. The van der Waals surface area contributed by atoms with Crippen LogP contribution in [0.3, 0.4) is 0 Å². The minimum absolute atomic E-state index is 0.337. The predicted octanol–water partition coefficient (Wildman–Crippen LogP) is 2.37. The lowest BCUT2D eigenvalue weighted by atomic mass is 10.2. The molecule has 1 unspecified atom stereocenters. The Kier molecular flexibility index (Phi) is 4.70. The maximum Gasteiger partial charge on any atom is 0.327 e. The Morgan fingerprint density at radius 2 is 2.00 bits per heavy atom. The molecule has 0 aliphatic carbocycles. The lowest BCUT2D eigenvalue weighted by Crippen LogP contribution is -2.39. The molecule has 1 aromatic rings. The molecule has 1 N–H and O–H groups in total. The number of urea groups is 1. The molecule has 3 rings (SSSR count). The average Bonchev–Trinajstić information content (AvgIpc) is 3.09. The minimum atomic E-state index is -2.51. The summed E-state index contributed by atoms with van der Waals surface area (Å²) in [4.78, 5) is 39.1. The summed E-state index contributed by atoms with van der Waals surface area (Å²) >= 11 is 0.413. The molecule has 6 nitrogen and oxygen atoms in total. The molecule has 2 fully saturated rings. The molecule has 9 heteroatoms. The van der Waals surface area contributed by atoms with E-state index in [9.17, 15) is 23.2 Å². The average molecular weight is 355 g/mol. The van der Waals surface area contributed by atoms with Crippen LogP contribution in [-0.4, -0.2) is 52.5 Å². The van der Waals surface area contributed by atoms with E-state index in [1.165, 1.54) is 29.2 Å². The van der Waals surface area contributed by atoms with Crippen LogP contribution in [0.2, 0.25) is 0 Å². The van der Waals surface area contributed by atoms with E-state index in [1.807, 2.05) is 0 Å². The molecule has 1 atom stereocenters. The Bertz CT molecular complexity index is 646. The van der Waals surface area contributed by atoms with Gasteiger partial charge in [-0.25, -0.2) is 4.79 Å². The quantitative estimate of drug-likeness (QED) is 0.650. The summed E-state index contributed by atoms with van der Waals surface area (Å²) < 4.78 is 24.5. The third-order valence-electron chi connectivity index (χ3n) is 3.95. The summed E-state index contributed by atoms with van der Waals surface area (Å²) in [5.41, 5.74) is 0.415. The van der Waals surface area contributed by atoms with Gasteiger partial charge in [0.25, 0.3) is 11.7 Å². The standard InChI is InChI=1S/C15H15F2N3O3S/c16-14(17)24-10-5-3-9(4-6-10)18-12(21)8-20-13(22)11-2-1-7-19(11)15(20)23/h3-6,11,14H,1-2,7-8H2,(H,18,21). The predicted molar refractivity (Wildman–Crippen MR) is 83.8 cm³/mol. The second kappa shape index (κ2) is 6.76. The van der Waals surface area contributed by atoms with Crippen LogP contribution in [0.5, 0.6) is 0 Å². The van der Waals surface area contributed by atoms with Crippen molar-refractivity contribution in [3.8, 4) is 0 Å². The van der Waals surface area contributed by atoms with Crippen molar-refractivity contribution in [1.82, 2.24) is 9.80 Å². The normalized spacial score (nSPS) is 20.0. The summed E-state index contributed by atoms with van der Waals surface area (Å²) in [5.74, 6) is -3.35. The van der Waals surface area contributed by atoms with E-state index in [0.717, 1.165) is 11.3 Å². The molecule has 2 aliphatic rings. The Morgan fingerprint density at radius 1 is 1.29 bits per heavy atom. The van der Waals surface area contributed by atoms with Crippen LogP contribution in [0, 0.1) is 0 Å². The number of halogens is 2. The van der Waals surface area contributed by atoms with E-state index in [4.69, 9.17) is 0 Å². The Hall–Kier alpha value is -2.16. The van der Waals surface area contributed by atoms with Crippen molar-refractivity contribution in [2.24, 2.45) is 0 Å². The van der Waals surface area contributed by atoms with Crippen molar-refractivity contribution >= 4 is 35.3 Å². The number of imide groups is 1. The van der Waals surface area contributed by atoms with E-state index < -0.39 is 23.7 Å². The van der Waals surface area contributed by atoms with E-state index in [2.05, 4.69) is 5.32 Å². The summed E-state index contributed by atoms with van der Waals surface area (Å²) in [6, 6.07) is 5.06. The highest BCUT2D eigenvalue weighted by atomic mass is 32.2. The summed E-state index contributed by atoms with van der Waals surface area (Å²) in [6.45, 7) is 0.189. The number of fused-ring (bicyclic) bond motifs is 1. The molecule has 0 bridgehead atoms. The first-order chi connectivity index (χ1) is 11.5. The first-order valence-electron chi connectivity index (χ1n) is 7.42. The van der Waals surface area contributed by atoms with E-state index in [-0.39, 0.29) is 12.5 Å². The van der Waals surface area contributed by atoms with Gasteiger partial charge in [-0.3, -0.25) is 14.5 Å². The molecule has 2 saturated heterocycles. The molecule has 1 aromatic carbocycles. The summed E-state index contributed by atoms with van der Waals surface area (Å²) in [7, 11) is 0. The molecule has 4 amide bonds. The van der Waals surface area contributed by atoms with Gasteiger partial charge in [0.05, 0.1) is 0 Å². The smallest absolute Gasteiger partial charge is 0.325 e. The fraction of sp³-hybridized carbons (Fsp3) is 0.400. The van der Waals surface area contributed by atoms with Gasteiger partial charge in [-0.2, -0.15) is 8.78 Å². The van der Waals surface area contributed by atoms with Gasteiger partial charge in [-0.1, -0.05) is 11.8 Å². The zero-order valence-corrected chi connectivity index (χ0v) is 13.4. The van der Waals surface area contributed by atoms with Crippen molar-refractivity contribution < 1.29 is 23.2 Å². The van der Waals surface area contributed by atoms with Crippen LogP contribution in [0.1, 0.15) is 12.8 Å². The highest BCUT2D eigenvalue weighted by molar-refractivity contribution is 7.99. The van der Waals surface area contributed by atoms with Crippen molar-refractivity contribution in [3.63, 3.8) is 0 Å². The summed E-state index contributed by atoms with van der Waals surface area (Å²) in [5, 5.41) is 2.56. The largest absolute Gasteiger partial charge is 0.327 e. The first-order valence-corrected chi connectivity index (χ1v) is 8.30. The summed E-state index contributed by atoms with van der Waals surface area (Å²) in [6.07, 6.45) is 1.43. The number of hydrogen-bond donors (Lipinski definition) is 1. The highest BCUT2D eigenvalue weighted by Crippen LogP contribution is 2.28. The highest BCUT2D eigenvalue weighted by Gasteiger charge is 2.47. The molecule has 2 heterocycles. The molecule has 0 aromatic heterocycles. The molecular formula is C15H15F2N3O3S. The van der Waals surface area contributed by atoms with E-state index >= 15 is 0 Å². The van der Waals surface area contributed by atoms with Crippen LogP contribution in [0.4, 0.5) is 19.3 Å². The van der Waals surface area contributed by atoms with Gasteiger partial charge < -0.3 is 10.2 Å². The third kappa shape index (κ3) is 3.35. The molecule has 24 heavy (non-hydrogen) atoms. The number of hydrogen-bond acceptors (Lipinski definition) is 4. The van der Waals surface area contributed by atoms with Gasteiger partial charge in [0.2, 0.25) is 5.91 Å². The number of anilines is 1. The second-order valence-corrected chi connectivity index (χ2v) is 6.57. The van der Waals surface area contributed by atoms with E-state index in [1.54, 1.807) is 0 Å². The number of nitrogens with one attached hydrogen (secondary N) is 1. The van der Waals surface area contributed by atoms with Crippen molar-refractivity contribution in [2.75, 3.05) is 18.4 Å². The maximum atomic E-state index is 12.2. The number of amides is 4. The SMILES string of the molecule is O=C(CN1C(=O)C2CCCN2C1=O)Nc1ccc(SC(F)F)cc1. The zero-order chi connectivity index (χ0) is 17.3. The zero-order valence-electron chi connectivity index (χ0n) is 12.6. The minimum Gasteiger partial charge on any atom is -0.325 e. The Morgan fingerprint density at radius 3 is 2.62 bits per heavy atom. The number of thioether (sulfide) groups is 1.